The molecule has 0 aliphatic carbocycles. The molecule has 4 rings (SSSR count). The number of fused-ring (bicyclic) bond motifs is 1. The number of benzene rings is 1. The minimum Gasteiger partial charge on any atom is -0.362 e. The van der Waals surface area contributed by atoms with Crippen molar-refractivity contribution in [3.63, 3.8) is 0 Å². The van der Waals surface area contributed by atoms with Crippen molar-refractivity contribution in [3.05, 3.63) is 70.0 Å². The first kappa shape index (κ1) is 22.4. The van der Waals surface area contributed by atoms with E-state index in [0.29, 0.717) is 16.7 Å². The Morgan fingerprint density at radius 3 is 2.59 bits per heavy atom. The summed E-state index contributed by atoms with van der Waals surface area (Å²) in [5.74, 6) is -1.57. The van der Waals surface area contributed by atoms with Gasteiger partial charge < -0.3 is 4.90 Å². The summed E-state index contributed by atoms with van der Waals surface area (Å²) in [6.07, 6.45) is 3.22. The highest BCUT2D eigenvalue weighted by Gasteiger charge is 2.47. The van der Waals surface area contributed by atoms with Crippen LogP contribution < -0.4 is 9.80 Å². The van der Waals surface area contributed by atoms with Gasteiger partial charge in [0.15, 0.2) is 16.8 Å². The second-order valence-corrected chi connectivity index (χ2v) is 8.97. The van der Waals surface area contributed by atoms with Crippen molar-refractivity contribution in [2.75, 3.05) is 36.7 Å². The Bertz CT molecular complexity index is 1220. The third-order valence-corrected chi connectivity index (χ3v) is 6.31. The van der Waals surface area contributed by atoms with Crippen molar-refractivity contribution in [2.24, 2.45) is 0 Å². The Hall–Kier alpha value is -2.78. The van der Waals surface area contributed by atoms with Gasteiger partial charge in [-0.2, -0.15) is 0 Å². The third-order valence-electron chi connectivity index (χ3n) is 5.47. The Labute approximate surface area is 193 Å². The molecular weight excluding hydrogens is 456 g/mol. The fraction of sp³-hybridized carbons (Fsp3) is 0.273. The second kappa shape index (κ2) is 8.29. The maximum absolute atomic E-state index is 15.3. The summed E-state index contributed by atoms with van der Waals surface area (Å²) in [6, 6.07) is 7.35. The minimum atomic E-state index is -1.15. The average Bonchev–Trinajstić information content (AvgIpc) is 2.77. The van der Waals surface area contributed by atoms with E-state index >= 15 is 4.39 Å². The van der Waals surface area contributed by atoms with Crippen molar-refractivity contribution in [3.8, 4) is 0 Å². The zero-order chi connectivity index (χ0) is 23.2. The normalized spacial score (nSPS) is 18.0. The van der Waals surface area contributed by atoms with E-state index in [4.69, 9.17) is 11.6 Å². The molecule has 0 spiro atoms. The molecule has 0 saturated carbocycles. The van der Waals surface area contributed by atoms with E-state index in [1.807, 2.05) is 6.26 Å². The molecule has 32 heavy (non-hydrogen) atoms. The lowest BCUT2D eigenvalue weighted by Gasteiger charge is -2.41. The summed E-state index contributed by atoms with van der Waals surface area (Å²) in [7, 11) is 3.50. The molecule has 0 fully saturated rings. The Morgan fingerprint density at radius 1 is 1.19 bits per heavy atom. The van der Waals surface area contributed by atoms with Crippen LogP contribution in [0.3, 0.4) is 0 Å². The number of halogens is 3. The maximum Gasteiger partial charge on any atom is 0.265 e. The number of rotatable bonds is 4. The molecule has 0 radical (unpaired) electrons. The summed E-state index contributed by atoms with van der Waals surface area (Å²) in [6.45, 7) is 1.68. The molecule has 1 aliphatic heterocycles. The van der Waals surface area contributed by atoms with E-state index < -0.39 is 23.0 Å². The number of aromatic nitrogens is 3. The molecule has 1 atom stereocenters. The van der Waals surface area contributed by atoms with Crippen LogP contribution in [0.15, 0.2) is 41.7 Å². The molecule has 166 valence electrons. The van der Waals surface area contributed by atoms with E-state index in [1.165, 1.54) is 41.1 Å². The lowest BCUT2D eigenvalue weighted by molar-refractivity contribution is 0.0967. The predicted octanol–water partition coefficient (Wildman–Crippen LogP) is 4.56. The van der Waals surface area contributed by atoms with Crippen molar-refractivity contribution in [1.82, 2.24) is 15.0 Å². The number of nitrogens with zero attached hydrogens (tertiary/aromatic N) is 5. The number of anilines is 2. The van der Waals surface area contributed by atoms with Gasteiger partial charge in [0.2, 0.25) is 0 Å². The van der Waals surface area contributed by atoms with Gasteiger partial charge in [0.1, 0.15) is 17.2 Å². The number of hydrogen-bond acceptors (Lipinski definition) is 6. The number of carbonyl (C=O) groups excluding carboxylic acids is 1. The van der Waals surface area contributed by atoms with E-state index in [2.05, 4.69) is 15.0 Å². The van der Waals surface area contributed by atoms with Crippen LogP contribution in [-0.4, -0.2) is 47.8 Å². The molecular formula is C22H20ClF2N5OS. The van der Waals surface area contributed by atoms with Crippen LogP contribution in [0.4, 0.5) is 20.4 Å². The van der Waals surface area contributed by atoms with E-state index in [0.717, 1.165) is 0 Å². The van der Waals surface area contributed by atoms with Crippen molar-refractivity contribution < 1.29 is 13.6 Å². The number of thioether (sulfide) groups is 1. The molecule has 1 aliphatic rings. The maximum atomic E-state index is 15.3. The quantitative estimate of drug-likeness (QED) is 0.407. The molecule has 6 nitrogen and oxygen atoms in total. The molecule has 1 unspecified atom stereocenters. The van der Waals surface area contributed by atoms with E-state index in [9.17, 15) is 9.18 Å². The molecule has 0 bridgehead atoms. The number of pyridine rings is 1. The minimum absolute atomic E-state index is 0.0512. The van der Waals surface area contributed by atoms with E-state index in [1.54, 1.807) is 38.1 Å². The van der Waals surface area contributed by atoms with Crippen LogP contribution in [0.1, 0.15) is 28.5 Å². The van der Waals surface area contributed by atoms with Gasteiger partial charge >= 0.3 is 0 Å². The number of carbonyl (C=O) groups is 1. The van der Waals surface area contributed by atoms with Crippen molar-refractivity contribution in [2.45, 2.75) is 17.5 Å². The zero-order valence-electron chi connectivity index (χ0n) is 17.9. The predicted molar refractivity (Wildman–Crippen MR) is 122 cm³/mol. The fourth-order valence-corrected chi connectivity index (χ4v) is 4.46. The van der Waals surface area contributed by atoms with Gasteiger partial charge in [0.25, 0.3) is 5.91 Å². The van der Waals surface area contributed by atoms with Crippen molar-refractivity contribution in [1.29, 1.82) is 0 Å². The number of hydrogen-bond donors (Lipinski definition) is 0. The van der Waals surface area contributed by atoms with Gasteiger partial charge in [0, 0.05) is 32.4 Å². The van der Waals surface area contributed by atoms with E-state index in [-0.39, 0.29) is 28.5 Å². The SMILES string of the molecule is CSc1nc(N(C)C)c2c(n1)C(C)(c1cccc(Cl)c1F)CN(c1ncccc1F)C2=O. The smallest absolute Gasteiger partial charge is 0.265 e. The molecule has 1 aromatic carbocycles. The molecule has 1 amide bonds. The van der Waals surface area contributed by atoms with Crippen LogP contribution in [0, 0.1) is 11.6 Å². The van der Waals surface area contributed by atoms with Crippen LogP contribution >= 0.6 is 23.4 Å². The molecule has 0 saturated heterocycles. The third kappa shape index (κ3) is 3.49. The first-order chi connectivity index (χ1) is 15.2. The topological polar surface area (TPSA) is 62.2 Å². The van der Waals surface area contributed by atoms with Gasteiger partial charge in [-0.1, -0.05) is 35.5 Å². The van der Waals surface area contributed by atoms with Crippen molar-refractivity contribution >= 4 is 40.9 Å². The monoisotopic (exact) mass is 475 g/mol. The summed E-state index contributed by atoms with van der Waals surface area (Å²) in [5.41, 5.74) is -0.374. The molecule has 0 N–H and O–H groups in total. The van der Waals surface area contributed by atoms with Gasteiger partial charge in [-0.3, -0.25) is 9.69 Å². The van der Waals surface area contributed by atoms with Gasteiger partial charge in [0.05, 0.1) is 16.1 Å². The average molecular weight is 476 g/mol. The highest BCUT2D eigenvalue weighted by atomic mass is 35.5. The second-order valence-electron chi connectivity index (χ2n) is 7.79. The van der Waals surface area contributed by atoms with Gasteiger partial charge in [-0.05, 0) is 31.4 Å². The highest BCUT2D eigenvalue weighted by Crippen LogP contribution is 2.44. The first-order valence-corrected chi connectivity index (χ1v) is 11.3. The highest BCUT2D eigenvalue weighted by molar-refractivity contribution is 7.98. The van der Waals surface area contributed by atoms with Crippen LogP contribution in [0.25, 0.3) is 0 Å². The zero-order valence-corrected chi connectivity index (χ0v) is 19.4. The summed E-state index contributed by atoms with van der Waals surface area (Å²) >= 11 is 7.41. The molecule has 10 heteroatoms. The van der Waals surface area contributed by atoms with Gasteiger partial charge in [-0.25, -0.2) is 23.7 Å². The standard InChI is InChI=1S/C22H20ClF2N5OS/c1-22(12-7-5-8-13(23)16(12)25)11-30(18-14(24)9-6-10-26-18)20(31)15-17(22)27-21(32-4)28-19(15)29(2)3/h5-10H,11H2,1-4H3. The Morgan fingerprint density at radius 2 is 1.94 bits per heavy atom. The molecule has 3 heterocycles. The summed E-state index contributed by atoms with van der Waals surface area (Å²) in [4.78, 5) is 29.8. The summed E-state index contributed by atoms with van der Waals surface area (Å²) < 4.78 is 30.0. The molecule has 2 aromatic heterocycles. The van der Waals surface area contributed by atoms with Crippen LogP contribution in [0.2, 0.25) is 5.02 Å². The van der Waals surface area contributed by atoms with Gasteiger partial charge in [-0.15, -0.1) is 0 Å². The lowest BCUT2D eigenvalue weighted by Crippen LogP contribution is -2.51. The summed E-state index contributed by atoms with van der Waals surface area (Å²) in [5, 5.41) is 0.385. The Kier molecular flexibility index (Phi) is 5.81. The fourth-order valence-electron chi connectivity index (χ4n) is 3.93. The van der Waals surface area contributed by atoms with Crippen LogP contribution in [0.5, 0.6) is 0 Å². The Balaban J connectivity index is 2.08. The first-order valence-electron chi connectivity index (χ1n) is 9.69. The lowest BCUT2D eigenvalue weighted by atomic mass is 9.74. The van der Waals surface area contributed by atoms with Crippen LogP contribution in [-0.2, 0) is 5.41 Å². The largest absolute Gasteiger partial charge is 0.362 e. The molecule has 3 aromatic rings. The number of amides is 1.